The van der Waals surface area contributed by atoms with Crippen LogP contribution in [0.2, 0.25) is 0 Å². The van der Waals surface area contributed by atoms with Gasteiger partial charge in [0.1, 0.15) is 18.2 Å². The number of carbonyl (C=O) groups excluding carboxylic acids is 3. The molecule has 2 N–H and O–H groups in total. The standard InChI is InChI=1S/C19H23FN2O6/c1-4-14-16(18(24)26-5-2)15(22-19(25)21-14)10-27-17(23)11(3)28-13-8-6-12(20)7-9-13/h6-9,11,14H,4-5,10H2,1-3H3,(H2,21,22,25)/t11-,14+/m0/s1. The SMILES string of the molecule is CCOC(=O)C1=C(COC(=O)[C@H](C)Oc2ccc(F)cc2)NC(=O)N[C@@H]1CC. The van der Waals surface area contributed by atoms with E-state index in [1.54, 1.807) is 13.8 Å². The molecule has 1 aromatic carbocycles. The minimum absolute atomic E-state index is 0.163. The summed E-state index contributed by atoms with van der Waals surface area (Å²) in [6, 6.07) is 4.15. The van der Waals surface area contributed by atoms with E-state index in [9.17, 15) is 18.8 Å². The summed E-state index contributed by atoms with van der Waals surface area (Å²) in [4.78, 5) is 36.3. The summed E-state index contributed by atoms with van der Waals surface area (Å²) in [6.45, 7) is 4.79. The number of hydrogen-bond acceptors (Lipinski definition) is 6. The Kier molecular flexibility index (Phi) is 7.36. The highest BCUT2D eigenvalue weighted by molar-refractivity contribution is 5.95. The van der Waals surface area contributed by atoms with E-state index in [-0.39, 0.29) is 24.5 Å². The normalized spacial score (nSPS) is 17.3. The molecule has 152 valence electrons. The summed E-state index contributed by atoms with van der Waals surface area (Å²) in [5, 5.41) is 5.12. The van der Waals surface area contributed by atoms with Crippen molar-refractivity contribution in [1.29, 1.82) is 0 Å². The van der Waals surface area contributed by atoms with E-state index in [0.717, 1.165) is 0 Å². The highest BCUT2D eigenvalue weighted by Gasteiger charge is 2.32. The Balaban J connectivity index is 2.07. The average Bonchev–Trinajstić information content (AvgIpc) is 2.67. The topological polar surface area (TPSA) is 103 Å². The number of halogens is 1. The molecule has 0 bridgehead atoms. The summed E-state index contributed by atoms with van der Waals surface area (Å²) >= 11 is 0. The number of rotatable bonds is 8. The van der Waals surface area contributed by atoms with Crippen LogP contribution in [0.5, 0.6) is 5.75 Å². The largest absolute Gasteiger partial charge is 0.479 e. The molecule has 8 nitrogen and oxygen atoms in total. The predicted octanol–water partition coefficient (Wildman–Crippen LogP) is 2.04. The van der Waals surface area contributed by atoms with Gasteiger partial charge in [-0.15, -0.1) is 0 Å². The van der Waals surface area contributed by atoms with Crippen molar-refractivity contribution >= 4 is 18.0 Å². The minimum atomic E-state index is -0.975. The van der Waals surface area contributed by atoms with Gasteiger partial charge >= 0.3 is 18.0 Å². The number of amides is 2. The monoisotopic (exact) mass is 394 g/mol. The van der Waals surface area contributed by atoms with Crippen LogP contribution in [0.3, 0.4) is 0 Å². The Morgan fingerprint density at radius 2 is 1.86 bits per heavy atom. The van der Waals surface area contributed by atoms with Crippen LogP contribution in [0, 0.1) is 5.82 Å². The molecule has 1 aromatic rings. The van der Waals surface area contributed by atoms with Crippen molar-refractivity contribution in [3.8, 4) is 5.75 Å². The number of urea groups is 1. The second-order valence-corrected chi connectivity index (χ2v) is 5.99. The number of benzene rings is 1. The molecule has 2 rings (SSSR count). The lowest BCUT2D eigenvalue weighted by atomic mass is 10.0. The van der Waals surface area contributed by atoms with Gasteiger partial charge in [-0.2, -0.15) is 0 Å². The van der Waals surface area contributed by atoms with E-state index in [2.05, 4.69) is 10.6 Å². The number of hydrogen-bond donors (Lipinski definition) is 2. The maximum Gasteiger partial charge on any atom is 0.347 e. The highest BCUT2D eigenvalue weighted by Crippen LogP contribution is 2.18. The Morgan fingerprint density at radius 1 is 1.18 bits per heavy atom. The Labute approximate surface area is 162 Å². The highest BCUT2D eigenvalue weighted by atomic mass is 19.1. The molecule has 0 saturated heterocycles. The third kappa shape index (κ3) is 5.45. The zero-order valence-corrected chi connectivity index (χ0v) is 15.9. The molecule has 9 heteroatoms. The van der Waals surface area contributed by atoms with Crippen molar-refractivity contribution in [3.05, 3.63) is 41.4 Å². The number of nitrogens with one attached hydrogen (secondary N) is 2. The van der Waals surface area contributed by atoms with E-state index < -0.39 is 35.9 Å². The molecule has 0 aromatic heterocycles. The summed E-state index contributed by atoms with van der Waals surface area (Å²) in [6.07, 6.45) is -0.514. The molecule has 2 amide bonds. The molecular formula is C19H23FN2O6. The lowest BCUT2D eigenvalue weighted by molar-refractivity contribution is -0.150. The van der Waals surface area contributed by atoms with Gasteiger partial charge in [0.15, 0.2) is 6.10 Å². The van der Waals surface area contributed by atoms with Gasteiger partial charge in [0.25, 0.3) is 0 Å². The second-order valence-electron chi connectivity index (χ2n) is 5.99. The van der Waals surface area contributed by atoms with Crippen LogP contribution in [-0.2, 0) is 19.1 Å². The van der Waals surface area contributed by atoms with Crippen molar-refractivity contribution in [3.63, 3.8) is 0 Å². The fourth-order valence-electron chi connectivity index (χ4n) is 2.60. The Bertz CT molecular complexity index is 762. The lowest BCUT2D eigenvalue weighted by Gasteiger charge is -2.28. The molecule has 0 radical (unpaired) electrons. The van der Waals surface area contributed by atoms with Crippen molar-refractivity contribution < 1.29 is 33.0 Å². The van der Waals surface area contributed by atoms with E-state index in [4.69, 9.17) is 14.2 Å². The quantitative estimate of drug-likeness (QED) is 0.654. The van der Waals surface area contributed by atoms with Gasteiger partial charge in [-0.3, -0.25) is 0 Å². The van der Waals surface area contributed by atoms with Crippen LogP contribution in [0.25, 0.3) is 0 Å². The van der Waals surface area contributed by atoms with Crippen LogP contribution in [-0.4, -0.2) is 43.3 Å². The predicted molar refractivity (Wildman–Crippen MR) is 96.9 cm³/mol. The smallest absolute Gasteiger partial charge is 0.347 e. The summed E-state index contributed by atoms with van der Waals surface area (Å²) in [5.74, 6) is -1.42. The third-order valence-electron chi connectivity index (χ3n) is 3.96. The van der Waals surface area contributed by atoms with Gasteiger partial charge in [-0.25, -0.2) is 18.8 Å². The van der Waals surface area contributed by atoms with Gasteiger partial charge < -0.3 is 24.8 Å². The van der Waals surface area contributed by atoms with Crippen molar-refractivity contribution in [2.45, 2.75) is 39.3 Å². The van der Waals surface area contributed by atoms with E-state index in [1.165, 1.54) is 31.2 Å². The van der Waals surface area contributed by atoms with Gasteiger partial charge in [0.2, 0.25) is 0 Å². The van der Waals surface area contributed by atoms with Crippen LogP contribution >= 0.6 is 0 Å². The molecular weight excluding hydrogens is 371 g/mol. The molecule has 0 fully saturated rings. The van der Waals surface area contributed by atoms with Crippen LogP contribution in [0.4, 0.5) is 9.18 Å². The Morgan fingerprint density at radius 3 is 2.46 bits per heavy atom. The van der Waals surface area contributed by atoms with Gasteiger partial charge in [-0.1, -0.05) is 6.92 Å². The number of esters is 2. The fourth-order valence-corrected chi connectivity index (χ4v) is 2.60. The van der Waals surface area contributed by atoms with E-state index in [1.807, 2.05) is 0 Å². The van der Waals surface area contributed by atoms with Crippen LogP contribution in [0.1, 0.15) is 27.2 Å². The van der Waals surface area contributed by atoms with E-state index in [0.29, 0.717) is 12.2 Å². The molecule has 0 unspecified atom stereocenters. The average molecular weight is 394 g/mol. The molecule has 28 heavy (non-hydrogen) atoms. The minimum Gasteiger partial charge on any atom is -0.479 e. The van der Waals surface area contributed by atoms with Crippen LogP contribution in [0.15, 0.2) is 35.5 Å². The molecule has 0 saturated carbocycles. The van der Waals surface area contributed by atoms with Crippen molar-refractivity contribution in [1.82, 2.24) is 10.6 Å². The number of ether oxygens (including phenoxy) is 3. The first-order valence-electron chi connectivity index (χ1n) is 8.92. The number of carbonyl (C=O) groups is 3. The lowest BCUT2D eigenvalue weighted by Crippen LogP contribution is -2.51. The third-order valence-corrected chi connectivity index (χ3v) is 3.96. The first kappa shape index (κ1) is 21.2. The molecule has 0 spiro atoms. The van der Waals surface area contributed by atoms with Crippen molar-refractivity contribution in [2.24, 2.45) is 0 Å². The molecule has 1 aliphatic rings. The molecule has 0 aliphatic carbocycles. The second kappa shape index (κ2) is 9.72. The summed E-state index contributed by atoms with van der Waals surface area (Å²) in [7, 11) is 0. The zero-order valence-electron chi connectivity index (χ0n) is 15.9. The van der Waals surface area contributed by atoms with Gasteiger partial charge in [-0.05, 0) is 44.5 Å². The summed E-state index contributed by atoms with van der Waals surface area (Å²) in [5.41, 5.74) is 0.375. The summed E-state index contributed by atoms with van der Waals surface area (Å²) < 4.78 is 28.6. The first-order valence-corrected chi connectivity index (χ1v) is 8.92. The molecule has 1 aliphatic heterocycles. The molecule has 2 atom stereocenters. The zero-order chi connectivity index (χ0) is 20.7. The van der Waals surface area contributed by atoms with Gasteiger partial charge in [0, 0.05) is 0 Å². The maximum atomic E-state index is 12.9. The Hall–Kier alpha value is -3.10. The van der Waals surface area contributed by atoms with Crippen molar-refractivity contribution in [2.75, 3.05) is 13.2 Å². The fraction of sp³-hybridized carbons (Fsp3) is 0.421. The first-order chi connectivity index (χ1) is 13.3. The van der Waals surface area contributed by atoms with E-state index >= 15 is 0 Å². The maximum absolute atomic E-state index is 12.9. The van der Waals surface area contributed by atoms with Crippen LogP contribution < -0.4 is 15.4 Å². The van der Waals surface area contributed by atoms with Gasteiger partial charge in [0.05, 0.1) is 23.9 Å². The molecule has 1 heterocycles.